The van der Waals surface area contributed by atoms with E-state index in [-0.39, 0.29) is 17.1 Å². The van der Waals surface area contributed by atoms with Gasteiger partial charge in [0.15, 0.2) is 5.60 Å². The highest BCUT2D eigenvalue weighted by Crippen LogP contribution is 2.66. The van der Waals surface area contributed by atoms with Crippen LogP contribution in [0.1, 0.15) is 33.3 Å². The fourth-order valence-corrected chi connectivity index (χ4v) is 5.79. The molecule has 2 fully saturated rings. The third-order valence-corrected chi connectivity index (χ3v) is 7.21. The molecule has 1 aromatic heterocycles. The first-order chi connectivity index (χ1) is 13.3. The van der Waals surface area contributed by atoms with Crippen LogP contribution in [-0.2, 0) is 20.3 Å². The fourth-order valence-electron chi connectivity index (χ4n) is 4.79. The predicted octanol–water partition coefficient (Wildman–Crippen LogP) is 5.23. The quantitative estimate of drug-likeness (QED) is 0.613. The number of hydrogen-bond donors (Lipinski definition) is 1. The van der Waals surface area contributed by atoms with Crippen molar-refractivity contribution in [3.63, 3.8) is 0 Å². The number of aromatic nitrogens is 1. The summed E-state index contributed by atoms with van der Waals surface area (Å²) < 4.78 is 7.28. The van der Waals surface area contributed by atoms with Gasteiger partial charge in [0.25, 0.3) is 5.79 Å². The number of thiazole rings is 1. The van der Waals surface area contributed by atoms with Gasteiger partial charge in [0.05, 0.1) is 22.4 Å². The summed E-state index contributed by atoms with van der Waals surface area (Å²) in [7, 11) is 0. The maximum absolute atomic E-state index is 10.8. The molecule has 2 unspecified atom stereocenters. The first-order valence-electron chi connectivity index (χ1n) is 9.51. The number of benzene rings is 2. The van der Waals surface area contributed by atoms with Crippen molar-refractivity contribution in [2.45, 2.75) is 39.1 Å². The molecule has 2 aromatic carbocycles. The van der Waals surface area contributed by atoms with Gasteiger partial charge in [-0.2, -0.15) is 4.89 Å². The molecular weight excluding hydrogens is 374 g/mol. The van der Waals surface area contributed by atoms with Gasteiger partial charge in [0.1, 0.15) is 10.8 Å². The van der Waals surface area contributed by atoms with E-state index in [1.807, 2.05) is 36.4 Å². The van der Waals surface area contributed by atoms with E-state index in [9.17, 15) is 5.11 Å². The van der Waals surface area contributed by atoms with Gasteiger partial charge in [-0.15, -0.1) is 11.3 Å². The van der Waals surface area contributed by atoms with E-state index in [2.05, 4.69) is 32.7 Å². The molecule has 2 atom stereocenters. The van der Waals surface area contributed by atoms with Crippen LogP contribution in [0.2, 0.25) is 0 Å². The van der Waals surface area contributed by atoms with Crippen LogP contribution in [-0.4, -0.2) is 22.3 Å². The minimum atomic E-state index is -1.01. The molecule has 2 aliphatic heterocycles. The molecule has 5 nitrogen and oxygen atoms in total. The number of fused-ring (bicyclic) bond motifs is 2. The van der Waals surface area contributed by atoms with Crippen LogP contribution < -0.4 is 0 Å². The predicted molar refractivity (Wildman–Crippen MR) is 108 cm³/mol. The summed E-state index contributed by atoms with van der Waals surface area (Å²) >= 11 is 1.56. The van der Waals surface area contributed by atoms with E-state index in [1.54, 1.807) is 17.4 Å². The van der Waals surface area contributed by atoms with E-state index in [0.29, 0.717) is 12.2 Å². The van der Waals surface area contributed by atoms with Crippen molar-refractivity contribution in [2.75, 3.05) is 6.61 Å². The minimum absolute atomic E-state index is 0.160. The third-order valence-electron chi connectivity index (χ3n) is 6.14. The third kappa shape index (κ3) is 2.09. The normalized spacial score (nSPS) is 28.5. The topological polar surface area (TPSA) is 60.8 Å². The summed E-state index contributed by atoms with van der Waals surface area (Å²) in [5.41, 5.74) is 1.57. The smallest absolute Gasteiger partial charge is 0.261 e. The fraction of sp³-hybridized carbons (Fsp3) is 0.409. The molecule has 0 bridgehead atoms. The highest BCUT2D eigenvalue weighted by Gasteiger charge is 2.78. The standard InChI is InChI=1S/C22H23NO4S/c1-13(2)21-20(3,4)12-25-22(21,27-26-21)14-9-10-15(17(24)11-14)19-23-16-7-5-6-8-18(16)28-19/h5-11,13,24H,12H2,1-4H3. The van der Waals surface area contributed by atoms with Gasteiger partial charge >= 0.3 is 0 Å². The monoisotopic (exact) mass is 397 g/mol. The number of phenols is 1. The summed E-state index contributed by atoms with van der Waals surface area (Å²) in [4.78, 5) is 16.0. The SMILES string of the molecule is CC(C)C12OOC1(c1ccc(-c3nc4ccccc4s3)c(O)c1)OCC2(C)C. The van der Waals surface area contributed by atoms with Crippen molar-refractivity contribution >= 4 is 21.6 Å². The lowest BCUT2D eigenvalue weighted by Gasteiger charge is -2.57. The Labute approximate surface area is 167 Å². The number of para-hydroxylation sites is 1. The average Bonchev–Trinajstić information content (AvgIpc) is 3.10. The molecule has 2 saturated heterocycles. The number of nitrogens with zero attached hydrogens (tertiary/aromatic N) is 1. The zero-order chi connectivity index (χ0) is 19.7. The lowest BCUT2D eigenvalue weighted by Crippen LogP contribution is -2.69. The second-order valence-corrected chi connectivity index (χ2v) is 9.60. The molecule has 3 heterocycles. The number of ether oxygens (including phenoxy) is 1. The van der Waals surface area contributed by atoms with Gasteiger partial charge in [0.2, 0.25) is 0 Å². The van der Waals surface area contributed by atoms with Crippen molar-refractivity contribution in [1.82, 2.24) is 4.98 Å². The zero-order valence-corrected chi connectivity index (χ0v) is 17.2. The Hall–Kier alpha value is -1.99. The van der Waals surface area contributed by atoms with Crippen LogP contribution in [0, 0.1) is 11.3 Å². The lowest BCUT2D eigenvalue weighted by atomic mass is 9.64. The van der Waals surface area contributed by atoms with E-state index < -0.39 is 11.4 Å². The Morgan fingerprint density at radius 1 is 1.11 bits per heavy atom. The Bertz CT molecular complexity index is 1040. The molecule has 3 aromatic rings. The molecule has 6 heteroatoms. The zero-order valence-electron chi connectivity index (χ0n) is 16.4. The van der Waals surface area contributed by atoms with Crippen LogP contribution in [0.3, 0.4) is 0 Å². The highest BCUT2D eigenvalue weighted by atomic mass is 32.1. The van der Waals surface area contributed by atoms with Gasteiger partial charge in [-0.25, -0.2) is 9.87 Å². The van der Waals surface area contributed by atoms with Crippen LogP contribution in [0.5, 0.6) is 5.75 Å². The van der Waals surface area contributed by atoms with Crippen molar-refractivity contribution in [3.8, 4) is 16.3 Å². The number of rotatable bonds is 3. The van der Waals surface area contributed by atoms with Gasteiger partial charge in [-0.1, -0.05) is 45.9 Å². The molecule has 0 aliphatic carbocycles. The molecule has 0 saturated carbocycles. The molecule has 146 valence electrons. The van der Waals surface area contributed by atoms with Crippen LogP contribution >= 0.6 is 11.3 Å². The van der Waals surface area contributed by atoms with E-state index in [1.165, 1.54) is 0 Å². The number of phenolic OH excluding ortho intramolecular Hbond substituents is 1. The largest absolute Gasteiger partial charge is 0.507 e. The summed E-state index contributed by atoms with van der Waals surface area (Å²) in [5.74, 6) is -0.675. The Balaban J connectivity index is 1.59. The van der Waals surface area contributed by atoms with Gasteiger partial charge < -0.3 is 9.84 Å². The van der Waals surface area contributed by atoms with E-state index >= 15 is 0 Å². The summed E-state index contributed by atoms with van der Waals surface area (Å²) in [6.07, 6.45) is 0. The lowest BCUT2D eigenvalue weighted by molar-refractivity contribution is -0.618. The summed E-state index contributed by atoms with van der Waals surface area (Å²) in [6, 6.07) is 13.5. The first-order valence-corrected chi connectivity index (χ1v) is 10.3. The maximum Gasteiger partial charge on any atom is 0.261 e. The number of hydrogen-bond acceptors (Lipinski definition) is 6. The van der Waals surface area contributed by atoms with Crippen molar-refractivity contribution in [1.29, 1.82) is 0 Å². The highest BCUT2D eigenvalue weighted by molar-refractivity contribution is 7.21. The molecule has 5 rings (SSSR count). The summed E-state index contributed by atoms with van der Waals surface area (Å²) in [5, 5.41) is 11.6. The molecule has 0 amide bonds. The maximum atomic E-state index is 10.8. The van der Waals surface area contributed by atoms with Crippen molar-refractivity contribution in [3.05, 3.63) is 48.0 Å². The molecule has 1 N–H and O–H groups in total. The second-order valence-electron chi connectivity index (χ2n) is 8.56. The summed E-state index contributed by atoms with van der Waals surface area (Å²) in [6.45, 7) is 9.01. The Kier molecular flexibility index (Phi) is 3.72. The van der Waals surface area contributed by atoms with Crippen molar-refractivity contribution < 1.29 is 19.6 Å². The van der Waals surface area contributed by atoms with E-state index in [4.69, 9.17) is 14.5 Å². The Morgan fingerprint density at radius 3 is 2.54 bits per heavy atom. The Morgan fingerprint density at radius 2 is 1.89 bits per heavy atom. The molecule has 2 aliphatic rings. The van der Waals surface area contributed by atoms with Crippen LogP contribution in [0.15, 0.2) is 42.5 Å². The van der Waals surface area contributed by atoms with Gasteiger partial charge in [0, 0.05) is 11.0 Å². The number of aromatic hydroxyl groups is 1. The van der Waals surface area contributed by atoms with Crippen LogP contribution in [0.4, 0.5) is 0 Å². The molecule has 0 radical (unpaired) electrons. The second kappa shape index (κ2) is 5.76. The van der Waals surface area contributed by atoms with E-state index in [0.717, 1.165) is 20.8 Å². The minimum Gasteiger partial charge on any atom is -0.507 e. The first kappa shape index (κ1) is 18.1. The van der Waals surface area contributed by atoms with Crippen molar-refractivity contribution in [2.24, 2.45) is 11.3 Å². The molecule has 0 spiro atoms. The molecule has 28 heavy (non-hydrogen) atoms. The average molecular weight is 397 g/mol. The van der Waals surface area contributed by atoms with Crippen LogP contribution in [0.25, 0.3) is 20.8 Å². The van der Waals surface area contributed by atoms with Gasteiger partial charge in [-0.05, 0) is 30.2 Å². The van der Waals surface area contributed by atoms with Gasteiger partial charge in [-0.3, -0.25) is 0 Å². The molecular formula is C22H23NO4S.